The zero-order chi connectivity index (χ0) is 18.8. The molecular weight excluding hydrogens is 356 g/mol. The first-order valence-corrected chi connectivity index (χ1v) is 10.8. The molecule has 1 unspecified atom stereocenters. The molecule has 3 rings (SSSR count). The molecule has 8 nitrogen and oxygen atoms in total. The predicted molar refractivity (Wildman–Crippen MR) is 96.1 cm³/mol. The lowest BCUT2D eigenvalue weighted by molar-refractivity contribution is -0.126. The van der Waals surface area contributed by atoms with Crippen LogP contribution >= 0.6 is 0 Å². The molecule has 1 atom stereocenters. The number of hydrogen-bond acceptors (Lipinski definition) is 6. The molecule has 1 aliphatic carbocycles. The molecule has 1 saturated heterocycles. The average Bonchev–Trinajstić information content (AvgIpc) is 3.30. The highest BCUT2D eigenvalue weighted by atomic mass is 32.2. The number of rotatable bonds is 7. The van der Waals surface area contributed by atoms with Crippen LogP contribution < -0.4 is 15.4 Å². The van der Waals surface area contributed by atoms with Gasteiger partial charge in [-0.25, -0.2) is 8.42 Å². The van der Waals surface area contributed by atoms with Crippen molar-refractivity contribution in [1.29, 1.82) is 0 Å². The van der Waals surface area contributed by atoms with E-state index >= 15 is 0 Å². The first-order valence-electron chi connectivity index (χ1n) is 9.30. The molecule has 2 aliphatic rings. The third kappa shape index (κ3) is 3.94. The summed E-state index contributed by atoms with van der Waals surface area (Å²) in [5.41, 5.74) is -0.777. The Morgan fingerprint density at radius 3 is 2.65 bits per heavy atom. The summed E-state index contributed by atoms with van der Waals surface area (Å²) >= 11 is 0. The van der Waals surface area contributed by atoms with Crippen molar-refractivity contribution in [1.82, 2.24) is 20.5 Å². The van der Waals surface area contributed by atoms with E-state index in [0.29, 0.717) is 31.0 Å². The van der Waals surface area contributed by atoms with Gasteiger partial charge in [0.05, 0.1) is 0 Å². The molecule has 1 aliphatic heterocycles. The summed E-state index contributed by atoms with van der Waals surface area (Å²) in [5.74, 6) is 0.586. The molecule has 1 saturated carbocycles. The van der Waals surface area contributed by atoms with Crippen molar-refractivity contribution in [2.45, 2.75) is 62.8 Å². The van der Waals surface area contributed by atoms with Crippen LogP contribution in [0.25, 0.3) is 0 Å². The van der Waals surface area contributed by atoms with Crippen LogP contribution in [-0.4, -0.2) is 44.7 Å². The fraction of sp³-hybridized carbons (Fsp3) is 0.765. The number of hydrogen-bond donors (Lipinski definition) is 3. The Hall–Kier alpha value is -1.45. The van der Waals surface area contributed by atoms with Gasteiger partial charge in [-0.15, -0.1) is 0 Å². The quantitative estimate of drug-likeness (QED) is 0.646. The molecule has 1 aromatic heterocycles. The van der Waals surface area contributed by atoms with E-state index in [1.165, 1.54) is 0 Å². The molecule has 146 valence electrons. The molecule has 9 heteroatoms. The molecular formula is C17H28N4O4S. The Morgan fingerprint density at radius 1 is 1.35 bits per heavy atom. The summed E-state index contributed by atoms with van der Waals surface area (Å²) in [4.78, 5) is 12.9. The zero-order valence-corrected chi connectivity index (χ0v) is 16.2. The highest BCUT2D eigenvalue weighted by Crippen LogP contribution is 2.32. The first kappa shape index (κ1) is 19.3. The highest BCUT2D eigenvalue weighted by molar-refractivity contribution is 7.89. The zero-order valence-electron chi connectivity index (χ0n) is 15.4. The van der Waals surface area contributed by atoms with Crippen molar-refractivity contribution in [2.75, 3.05) is 19.6 Å². The molecule has 1 amide bonds. The highest BCUT2D eigenvalue weighted by Gasteiger charge is 2.45. The maximum absolute atomic E-state index is 12.9. The van der Waals surface area contributed by atoms with Gasteiger partial charge in [-0.1, -0.05) is 18.0 Å². The van der Waals surface area contributed by atoms with Gasteiger partial charge in [0, 0.05) is 6.54 Å². The Morgan fingerprint density at radius 2 is 2.08 bits per heavy atom. The molecule has 2 heterocycles. The van der Waals surface area contributed by atoms with Crippen molar-refractivity contribution in [3.8, 4) is 0 Å². The monoisotopic (exact) mass is 384 g/mol. The summed E-state index contributed by atoms with van der Waals surface area (Å²) in [6.07, 6.45) is 4.69. The van der Waals surface area contributed by atoms with Crippen molar-refractivity contribution in [3.63, 3.8) is 0 Å². The number of carbonyl (C=O) groups excluding carboxylic acids is 1. The van der Waals surface area contributed by atoms with E-state index in [-0.39, 0.29) is 16.6 Å². The van der Waals surface area contributed by atoms with Crippen molar-refractivity contribution >= 4 is 15.9 Å². The van der Waals surface area contributed by atoms with Gasteiger partial charge >= 0.3 is 0 Å². The Bertz CT molecular complexity index is 727. The van der Waals surface area contributed by atoms with Gasteiger partial charge in [0.2, 0.25) is 15.9 Å². The van der Waals surface area contributed by atoms with Crippen LogP contribution in [0.1, 0.15) is 50.0 Å². The van der Waals surface area contributed by atoms with E-state index < -0.39 is 15.6 Å². The lowest BCUT2D eigenvalue weighted by Crippen LogP contribution is -2.57. The molecule has 0 radical (unpaired) electrons. The SMILES string of the molecule is Cc1noc(C)c1S(=O)(=O)NC1(C(=O)NCCC2CCNC2)CCCC1. The van der Waals surface area contributed by atoms with E-state index in [2.05, 4.69) is 20.5 Å². The van der Waals surface area contributed by atoms with Gasteiger partial charge in [-0.05, 0) is 58.5 Å². The molecule has 0 spiro atoms. The third-order valence-electron chi connectivity index (χ3n) is 5.46. The summed E-state index contributed by atoms with van der Waals surface area (Å²) in [6.45, 7) is 5.73. The van der Waals surface area contributed by atoms with Crippen LogP contribution in [0.3, 0.4) is 0 Å². The van der Waals surface area contributed by atoms with Crippen LogP contribution in [-0.2, 0) is 14.8 Å². The predicted octanol–water partition coefficient (Wildman–Crippen LogP) is 0.998. The maximum atomic E-state index is 12.9. The fourth-order valence-corrected chi connectivity index (χ4v) is 5.80. The van der Waals surface area contributed by atoms with Crippen LogP contribution in [0.15, 0.2) is 9.42 Å². The second-order valence-corrected chi connectivity index (χ2v) is 9.07. The number of carbonyl (C=O) groups is 1. The second kappa shape index (κ2) is 7.66. The maximum Gasteiger partial charge on any atom is 0.246 e. The Labute approximate surface area is 154 Å². The van der Waals surface area contributed by atoms with Gasteiger partial charge in [0.15, 0.2) is 5.76 Å². The van der Waals surface area contributed by atoms with Crippen molar-refractivity contribution in [3.05, 3.63) is 11.5 Å². The summed E-state index contributed by atoms with van der Waals surface area (Å²) in [7, 11) is -3.88. The Kier molecular flexibility index (Phi) is 5.69. The van der Waals surface area contributed by atoms with Gasteiger partial charge < -0.3 is 15.2 Å². The van der Waals surface area contributed by atoms with Crippen molar-refractivity contribution < 1.29 is 17.7 Å². The number of aryl methyl sites for hydroxylation is 2. The van der Waals surface area contributed by atoms with Gasteiger partial charge in [0.1, 0.15) is 16.1 Å². The minimum Gasteiger partial charge on any atom is -0.360 e. The van der Waals surface area contributed by atoms with Crippen molar-refractivity contribution in [2.24, 2.45) is 5.92 Å². The van der Waals surface area contributed by atoms with E-state index in [1.54, 1.807) is 13.8 Å². The van der Waals surface area contributed by atoms with E-state index in [0.717, 1.165) is 38.8 Å². The topological polar surface area (TPSA) is 113 Å². The Balaban J connectivity index is 1.70. The van der Waals surface area contributed by atoms with E-state index in [9.17, 15) is 13.2 Å². The number of nitrogens with zero attached hydrogens (tertiary/aromatic N) is 1. The lowest BCUT2D eigenvalue weighted by Gasteiger charge is -2.28. The normalized spacial score (nSPS) is 22.6. The molecule has 1 aromatic rings. The van der Waals surface area contributed by atoms with Gasteiger partial charge in [-0.3, -0.25) is 4.79 Å². The van der Waals surface area contributed by atoms with E-state index in [1.807, 2.05) is 0 Å². The fourth-order valence-electron chi connectivity index (χ4n) is 4.04. The number of amides is 1. The number of aromatic nitrogens is 1. The minimum absolute atomic E-state index is 0.0357. The van der Waals surface area contributed by atoms with Crippen LogP contribution in [0.2, 0.25) is 0 Å². The second-order valence-electron chi connectivity index (χ2n) is 7.45. The summed E-state index contributed by atoms with van der Waals surface area (Å²) in [6, 6.07) is 0. The smallest absolute Gasteiger partial charge is 0.246 e. The standard InChI is InChI=1S/C17H28N4O4S/c1-12-15(13(2)25-20-12)26(23,24)21-17(7-3-4-8-17)16(22)19-10-6-14-5-9-18-11-14/h14,18,21H,3-11H2,1-2H3,(H,19,22). The molecule has 3 N–H and O–H groups in total. The van der Waals surface area contributed by atoms with Gasteiger partial charge in [-0.2, -0.15) is 4.72 Å². The average molecular weight is 385 g/mol. The molecule has 0 aromatic carbocycles. The van der Waals surface area contributed by atoms with Crippen LogP contribution in [0.5, 0.6) is 0 Å². The number of nitrogens with one attached hydrogen (secondary N) is 3. The number of sulfonamides is 1. The molecule has 26 heavy (non-hydrogen) atoms. The van der Waals surface area contributed by atoms with Crippen LogP contribution in [0, 0.1) is 19.8 Å². The molecule has 0 bridgehead atoms. The lowest BCUT2D eigenvalue weighted by atomic mass is 9.97. The third-order valence-corrected chi connectivity index (χ3v) is 7.24. The minimum atomic E-state index is -3.88. The van der Waals surface area contributed by atoms with Gasteiger partial charge in [0.25, 0.3) is 0 Å². The largest absolute Gasteiger partial charge is 0.360 e. The summed E-state index contributed by atoms with van der Waals surface area (Å²) in [5, 5.41) is 9.99. The van der Waals surface area contributed by atoms with Crippen LogP contribution in [0.4, 0.5) is 0 Å². The van der Waals surface area contributed by atoms with E-state index in [4.69, 9.17) is 4.52 Å². The first-order chi connectivity index (χ1) is 12.3. The summed E-state index contributed by atoms with van der Waals surface area (Å²) < 4.78 is 33.4. The molecule has 2 fully saturated rings.